The number of rotatable bonds is 8. The lowest BCUT2D eigenvalue weighted by Gasteiger charge is -2.35. The van der Waals surface area contributed by atoms with Crippen molar-refractivity contribution in [2.24, 2.45) is 5.92 Å². The Morgan fingerprint density at radius 3 is 2.48 bits per heavy atom. The molecule has 4 aromatic carbocycles. The van der Waals surface area contributed by atoms with Crippen LogP contribution < -0.4 is 15.4 Å². The summed E-state index contributed by atoms with van der Waals surface area (Å²) in [6, 6.07) is 24.1. The predicted octanol–water partition coefficient (Wildman–Crippen LogP) is 6.91. The van der Waals surface area contributed by atoms with Gasteiger partial charge in [-0.3, -0.25) is 4.79 Å². The fourth-order valence-electron chi connectivity index (χ4n) is 6.32. The van der Waals surface area contributed by atoms with Gasteiger partial charge in [0.05, 0.1) is 41.0 Å². The highest BCUT2D eigenvalue weighted by molar-refractivity contribution is 7.89. The molecule has 1 heterocycles. The van der Waals surface area contributed by atoms with Gasteiger partial charge in [-0.1, -0.05) is 61.0 Å². The van der Waals surface area contributed by atoms with Crippen molar-refractivity contribution in [2.45, 2.75) is 70.1 Å². The number of aryl methyl sites for hydroxylation is 1. The number of nitrogens with one attached hydrogen (secondary N) is 2. The Labute approximate surface area is 307 Å². The second-order valence-corrected chi connectivity index (χ2v) is 15.8. The number of amides is 3. The fraction of sp³-hybridized carbons (Fsp3) is 0.400. The largest absolute Gasteiger partial charge is 0.490 e. The summed E-state index contributed by atoms with van der Waals surface area (Å²) in [5.41, 5.74) is 2.22. The van der Waals surface area contributed by atoms with Crippen molar-refractivity contribution in [3.05, 3.63) is 96.1 Å². The van der Waals surface area contributed by atoms with Crippen LogP contribution in [0, 0.1) is 12.8 Å². The van der Waals surface area contributed by atoms with E-state index in [4.69, 9.17) is 9.47 Å². The average Bonchev–Trinajstić information content (AvgIpc) is 3.13. The van der Waals surface area contributed by atoms with Gasteiger partial charge in [-0.05, 0) is 81.8 Å². The van der Waals surface area contributed by atoms with E-state index < -0.39 is 34.1 Å². The van der Waals surface area contributed by atoms with Gasteiger partial charge in [0, 0.05) is 43.7 Å². The van der Waals surface area contributed by atoms with Crippen LogP contribution in [0.25, 0.3) is 10.8 Å². The molecular weight excluding hydrogens is 681 g/mol. The summed E-state index contributed by atoms with van der Waals surface area (Å²) in [5.74, 6) is -0.355. The molecule has 12 heteroatoms. The van der Waals surface area contributed by atoms with Gasteiger partial charge in [0.25, 0.3) is 5.91 Å². The zero-order chi connectivity index (χ0) is 37.4. The van der Waals surface area contributed by atoms with Crippen LogP contribution in [0.5, 0.6) is 5.75 Å². The minimum atomic E-state index is -3.80. The molecule has 4 atom stereocenters. The molecule has 0 bridgehead atoms. The smallest absolute Gasteiger partial charge is 0.323 e. The monoisotopic (exact) mass is 730 g/mol. The number of benzene rings is 4. The van der Waals surface area contributed by atoms with Crippen molar-refractivity contribution in [1.29, 1.82) is 0 Å². The summed E-state index contributed by atoms with van der Waals surface area (Å²) in [7, 11) is -2.26. The minimum Gasteiger partial charge on any atom is -0.490 e. The predicted molar refractivity (Wildman–Crippen MR) is 204 cm³/mol. The first kappa shape index (κ1) is 38.7. The third-order valence-corrected chi connectivity index (χ3v) is 11.4. The number of carbonyl (C=O) groups is 2. The first-order valence-corrected chi connectivity index (χ1v) is 19.2. The van der Waals surface area contributed by atoms with Crippen LogP contribution in [-0.2, 0) is 14.8 Å². The fourth-order valence-corrected chi connectivity index (χ4v) is 7.51. The molecule has 52 heavy (non-hydrogen) atoms. The van der Waals surface area contributed by atoms with Gasteiger partial charge in [-0.25, -0.2) is 13.2 Å². The number of hydrogen-bond donors (Lipinski definition) is 3. The molecule has 0 saturated heterocycles. The van der Waals surface area contributed by atoms with Gasteiger partial charge >= 0.3 is 6.03 Å². The van der Waals surface area contributed by atoms with Crippen molar-refractivity contribution < 1.29 is 32.6 Å². The zero-order valence-corrected chi connectivity index (χ0v) is 31.4. The number of aliphatic hydroxyl groups excluding tert-OH is 1. The maximum atomic E-state index is 14.5. The summed E-state index contributed by atoms with van der Waals surface area (Å²) in [5, 5.41) is 18.0. The Hall–Kier alpha value is -4.49. The number of likely N-dealkylation sites (N-methyl/N-ethyl adjacent to an activating group) is 1. The molecule has 1 aliphatic heterocycles. The highest BCUT2D eigenvalue weighted by Gasteiger charge is 2.32. The number of carbonyl (C=O) groups excluding carboxylic acids is 2. The molecule has 4 aromatic rings. The molecular formula is C40H50N4O7S. The summed E-state index contributed by atoms with van der Waals surface area (Å²) in [4.78, 5) is 29.5. The Bertz CT molecular complexity index is 1950. The molecule has 3 amide bonds. The van der Waals surface area contributed by atoms with Gasteiger partial charge in [0.2, 0.25) is 10.0 Å². The topological polar surface area (TPSA) is 138 Å². The quantitative estimate of drug-likeness (QED) is 0.179. The van der Waals surface area contributed by atoms with E-state index in [0.29, 0.717) is 30.2 Å². The Morgan fingerprint density at radius 1 is 1.00 bits per heavy atom. The Kier molecular flexibility index (Phi) is 12.9. The molecule has 3 N–H and O–H groups in total. The highest BCUT2D eigenvalue weighted by atomic mass is 32.2. The molecule has 0 unspecified atom stereocenters. The zero-order valence-electron chi connectivity index (χ0n) is 30.5. The molecule has 0 fully saturated rings. The SMILES string of the molecule is Cc1ccc(S(=O)(=O)N(C)C[C@@H]2OCCCC[C@H](C)Oc3ccc(NC(=O)Nc4cccc5ccccc45)cc3C(=O)N([C@H](C)CO)C[C@H]2C)cc1. The van der Waals surface area contributed by atoms with E-state index in [9.17, 15) is 23.1 Å². The third kappa shape index (κ3) is 9.48. The van der Waals surface area contributed by atoms with Gasteiger partial charge < -0.3 is 30.1 Å². The molecule has 0 radical (unpaired) electrons. The van der Waals surface area contributed by atoms with Gasteiger partial charge in [-0.2, -0.15) is 4.31 Å². The number of sulfonamides is 1. The summed E-state index contributed by atoms with van der Waals surface area (Å²) in [6.45, 7) is 7.86. The van der Waals surface area contributed by atoms with Crippen LogP contribution in [0.4, 0.5) is 16.2 Å². The summed E-state index contributed by atoms with van der Waals surface area (Å²) < 4.78 is 41.0. The second-order valence-electron chi connectivity index (χ2n) is 13.7. The number of aliphatic hydroxyl groups is 1. The highest BCUT2D eigenvalue weighted by Crippen LogP contribution is 2.30. The first-order chi connectivity index (χ1) is 24.9. The molecule has 11 nitrogen and oxygen atoms in total. The van der Waals surface area contributed by atoms with E-state index in [1.807, 2.05) is 63.2 Å². The van der Waals surface area contributed by atoms with E-state index >= 15 is 0 Å². The molecule has 278 valence electrons. The van der Waals surface area contributed by atoms with Crippen molar-refractivity contribution >= 4 is 44.1 Å². The lowest BCUT2D eigenvalue weighted by molar-refractivity contribution is -0.00833. The van der Waals surface area contributed by atoms with E-state index in [1.165, 1.54) is 11.4 Å². The van der Waals surface area contributed by atoms with Crippen LogP contribution in [0.15, 0.2) is 89.8 Å². The normalized spacial score (nSPS) is 19.7. The van der Waals surface area contributed by atoms with E-state index in [2.05, 4.69) is 10.6 Å². The van der Waals surface area contributed by atoms with Crippen LogP contribution in [0.3, 0.4) is 0 Å². The lowest BCUT2D eigenvalue weighted by atomic mass is 10.0. The van der Waals surface area contributed by atoms with Crippen LogP contribution in [-0.4, -0.2) is 86.3 Å². The average molecular weight is 731 g/mol. The van der Waals surface area contributed by atoms with Crippen molar-refractivity contribution in [1.82, 2.24) is 9.21 Å². The second kappa shape index (κ2) is 17.4. The number of nitrogens with zero attached hydrogens (tertiary/aromatic N) is 2. The maximum absolute atomic E-state index is 14.5. The lowest BCUT2D eigenvalue weighted by Crippen LogP contribution is -2.48. The van der Waals surface area contributed by atoms with Gasteiger partial charge in [0.1, 0.15) is 5.75 Å². The van der Waals surface area contributed by atoms with Crippen molar-refractivity contribution in [3.8, 4) is 5.75 Å². The number of anilines is 2. The summed E-state index contributed by atoms with van der Waals surface area (Å²) in [6.07, 6.45) is 1.46. The van der Waals surface area contributed by atoms with Crippen LogP contribution >= 0.6 is 0 Å². The minimum absolute atomic E-state index is 0.0723. The number of urea groups is 1. The van der Waals surface area contributed by atoms with Crippen LogP contribution in [0.2, 0.25) is 0 Å². The maximum Gasteiger partial charge on any atom is 0.323 e. The third-order valence-electron chi connectivity index (χ3n) is 9.51. The standard InChI is InChI=1S/C40H50N4O7S/c1-27-16-19-33(20-17-27)52(48,49)43(5)25-38-28(2)24-44(29(3)26-45)39(46)35-23-32(18-21-37(35)51-30(4)11-8-9-22-50-38)41-40(47)42-36-15-10-13-31-12-6-7-14-34(31)36/h6-7,10,12-21,23,28-30,38,45H,8-9,11,22,24-26H2,1-5H3,(H2,41,42,47)/t28-,29-,30+,38+/m1/s1. The Balaban J connectivity index is 1.41. The first-order valence-electron chi connectivity index (χ1n) is 17.8. The molecule has 5 rings (SSSR count). The van der Waals surface area contributed by atoms with E-state index in [0.717, 1.165) is 29.2 Å². The van der Waals surface area contributed by atoms with Crippen molar-refractivity contribution in [2.75, 3.05) is 44.0 Å². The van der Waals surface area contributed by atoms with Gasteiger partial charge in [-0.15, -0.1) is 0 Å². The molecule has 0 spiro atoms. The number of fused-ring (bicyclic) bond motifs is 2. The number of ether oxygens (including phenoxy) is 2. The van der Waals surface area contributed by atoms with E-state index in [1.54, 1.807) is 54.3 Å². The summed E-state index contributed by atoms with van der Waals surface area (Å²) >= 11 is 0. The van der Waals surface area contributed by atoms with Crippen molar-refractivity contribution in [3.63, 3.8) is 0 Å². The molecule has 0 saturated carbocycles. The van der Waals surface area contributed by atoms with Crippen LogP contribution in [0.1, 0.15) is 56.0 Å². The number of hydrogen-bond acceptors (Lipinski definition) is 7. The molecule has 1 aliphatic rings. The van der Waals surface area contributed by atoms with Gasteiger partial charge in [0.15, 0.2) is 0 Å². The van der Waals surface area contributed by atoms with E-state index in [-0.39, 0.29) is 42.2 Å². The molecule has 0 aromatic heterocycles. The molecule has 0 aliphatic carbocycles. The Morgan fingerprint density at radius 2 is 1.73 bits per heavy atom.